The van der Waals surface area contributed by atoms with Crippen LogP contribution in [0.15, 0.2) is 0 Å². The van der Waals surface area contributed by atoms with Crippen molar-refractivity contribution in [2.45, 2.75) is 95.9 Å². The summed E-state index contributed by atoms with van der Waals surface area (Å²) in [6, 6.07) is 2.08. The molecule has 22 heavy (non-hydrogen) atoms. The van der Waals surface area contributed by atoms with Crippen LogP contribution in [0.4, 0.5) is 0 Å². The number of nitrogens with zero attached hydrogens (tertiary/aromatic N) is 1. The molecule has 3 fully saturated rings. The van der Waals surface area contributed by atoms with Gasteiger partial charge in [-0.1, -0.05) is 26.2 Å². The van der Waals surface area contributed by atoms with Crippen LogP contribution in [0.1, 0.15) is 71.6 Å². The summed E-state index contributed by atoms with van der Waals surface area (Å²) in [4.78, 5) is 2.72. The number of rotatable bonds is 6. The summed E-state index contributed by atoms with van der Waals surface area (Å²) < 4.78 is 0. The predicted molar refractivity (Wildman–Crippen MR) is 92.0 cm³/mol. The average Bonchev–Trinajstić information content (AvgIpc) is 3.34. The molecule has 3 aliphatic rings. The highest BCUT2D eigenvalue weighted by atomic mass is 16.3. The second-order valence-corrected chi connectivity index (χ2v) is 8.20. The SMILES string of the molecule is CCC(C1CC1)N1CC(NC2CCCCC2)CC(C(C)O)C1. The summed E-state index contributed by atoms with van der Waals surface area (Å²) in [5, 5.41) is 14.1. The Morgan fingerprint density at radius 3 is 2.32 bits per heavy atom. The molecule has 0 spiro atoms. The first-order valence-corrected chi connectivity index (χ1v) is 9.85. The molecule has 0 aromatic rings. The molecule has 3 nitrogen and oxygen atoms in total. The minimum Gasteiger partial charge on any atom is -0.393 e. The molecular formula is C19H36N2O. The monoisotopic (exact) mass is 308 g/mol. The third-order valence-corrected chi connectivity index (χ3v) is 6.32. The summed E-state index contributed by atoms with van der Waals surface area (Å²) in [7, 11) is 0. The lowest BCUT2D eigenvalue weighted by molar-refractivity contribution is 0.0201. The molecule has 0 bridgehead atoms. The van der Waals surface area contributed by atoms with E-state index in [1.165, 1.54) is 57.9 Å². The maximum absolute atomic E-state index is 10.2. The zero-order valence-electron chi connectivity index (χ0n) is 14.6. The van der Waals surface area contributed by atoms with Gasteiger partial charge < -0.3 is 10.4 Å². The van der Waals surface area contributed by atoms with E-state index in [9.17, 15) is 5.11 Å². The average molecular weight is 309 g/mol. The van der Waals surface area contributed by atoms with Crippen molar-refractivity contribution in [1.29, 1.82) is 0 Å². The van der Waals surface area contributed by atoms with Crippen LogP contribution in [0.5, 0.6) is 0 Å². The van der Waals surface area contributed by atoms with Crippen LogP contribution in [-0.4, -0.2) is 47.3 Å². The van der Waals surface area contributed by atoms with E-state index in [4.69, 9.17) is 0 Å². The maximum atomic E-state index is 10.2. The third-order valence-electron chi connectivity index (χ3n) is 6.32. The molecule has 0 aromatic heterocycles. The molecule has 2 saturated carbocycles. The van der Waals surface area contributed by atoms with Crippen molar-refractivity contribution < 1.29 is 5.11 Å². The van der Waals surface area contributed by atoms with E-state index < -0.39 is 0 Å². The smallest absolute Gasteiger partial charge is 0.0553 e. The Morgan fingerprint density at radius 2 is 1.73 bits per heavy atom. The van der Waals surface area contributed by atoms with Crippen molar-refractivity contribution in [2.75, 3.05) is 13.1 Å². The van der Waals surface area contributed by atoms with Gasteiger partial charge in [-0.3, -0.25) is 4.90 Å². The van der Waals surface area contributed by atoms with E-state index in [0.717, 1.165) is 31.0 Å². The maximum Gasteiger partial charge on any atom is 0.0553 e. The second kappa shape index (κ2) is 7.63. The Morgan fingerprint density at radius 1 is 1.00 bits per heavy atom. The molecule has 0 radical (unpaired) electrons. The molecule has 0 aromatic carbocycles. The summed E-state index contributed by atoms with van der Waals surface area (Å²) in [5.74, 6) is 1.38. The Bertz CT molecular complexity index is 336. The van der Waals surface area contributed by atoms with Crippen molar-refractivity contribution >= 4 is 0 Å². The number of piperidine rings is 1. The van der Waals surface area contributed by atoms with Gasteiger partial charge in [-0.2, -0.15) is 0 Å². The standard InChI is InChI=1S/C19H36N2O/c1-3-19(15-9-10-15)21-12-16(14(2)22)11-18(13-21)20-17-7-5-4-6-8-17/h14-20,22H,3-13H2,1-2H3. The van der Waals surface area contributed by atoms with Crippen molar-refractivity contribution in [1.82, 2.24) is 10.2 Å². The van der Waals surface area contributed by atoms with E-state index in [1.807, 2.05) is 6.92 Å². The number of hydrogen-bond acceptors (Lipinski definition) is 3. The zero-order valence-corrected chi connectivity index (χ0v) is 14.6. The summed E-state index contributed by atoms with van der Waals surface area (Å²) in [5.41, 5.74) is 0. The highest BCUT2D eigenvalue weighted by molar-refractivity contribution is 4.94. The van der Waals surface area contributed by atoms with E-state index in [2.05, 4.69) is 17.1 Å². The van der Waals surface area contributed by atoms with E-state index in [0.29, 0.717) is 12.0 Å². The van der Waals surface area contributed by atoms with E-state index >= 15 is 0 Å². The Hall–Kier alpha value is -0.120. The Labute approximate surface area is 136 Å². The molecule has 0 amide bonds. The number of hydrogen-bond donors (Lipinski definition) is 2. The Kier molecular flexibility index (Phi) is 5.80. The minimum atomic E-state index is -0.171. The van der Waals surface area contributed by atoms with Gasteiger partial charge in [0.15, 0.2) is 0 Å². The minimum absolute atomic E-state index is 0.171. The summed E-state index contributed by atoms with van der Waals surface area (Å²) >= 11 is 0. The zero-order chi connectivity index (χ0) is 15.5. The quantitative estimate of drug-likeness (QED) is 0.791. The second-order valence-electron chi connectivity index (χ2n) is 8.20. The van der Waals surface area contributed by atoms with Gasteiger partial charge in [-0.25, -0.2) is 0 Å². The largest absolute Gasteiger partial charge is 0.393 e. The molecule has 4 unspecified atom stereocenters. The molecule has 128 valence electrons. The summed E-state index contributed by atoms with van der Waals surface area (Å²) in [6.07, 6.45) is 12.0. The molecule has 2 N–H and O–H groups in total. The van der Waals surface area contributed by atoms with E-state index in [-0.39, 0.29) is 6.10 Å². The molecule has 1 heterocycles. The van der Waals surface area contributed by atoms with E-state index in [1.54, 1.807) is 0 Å². The fourth-order valence-electron chi connectivity index (χ4n) is 4.89. The van der Waals surface area contributed by atoms with Gasteiger partial charge in [-0.05, 0) is 57.3 Å². The van der Waals surface area contributed by atoms with Crippen LogP contribution in [0.3, 0.4) is 0 Å². The van der Waals surface area contributed by atoms with Gasteiger partial charge in [0.25, 0.3) is 0 Å². The number of nitrogens with one attached hydrogen (secondary N) is 1. The van der Waals surface area contributed by atoms with Crippen molar-refractivity contribution in [3.63, 3.8) is 0 Å². The van der Waals surface area contributed by atoms with Crippen LogP contribution in [-0.2, 0) is 0 Å². The van der Waals surface area contributed by atoms with Crippen molar-refractivity contribution in [2.24, 2.45) is 11.8 Å². The Balaban J connectivity index is 1.61. The number of aliphatic hydroxyl groups excluding tert-OH is 1. The fourth-order valence-corrected chi connectivity index (χ4v) is 4.89. The highest BCUT2D eigenvalue weighted by Gasteiger charge is 2.39. The lowest BCUT2D eigenvalue weighted by Gasteiger charge is -2.44. The topological polar surface area (TPSA) is 35.5 Å². The molecular weight excluding hydrogens is 272 g/mol. The lowest BCUT2D eigenvalue weighted by atomic mass is 9.87. The third kappa shape index (κ3) is 4.24. The van der Waals surface area contributed by atoms with Gasteiger partial charge in [0.1, 0.15) is 0 Å². The van der Waals surface area contributed by atoms with Gasteiger partial charge in [0, 0.05) is 31.2 Å². The van der Waals surface area contributed by atoms with Crippen molar-refractivity contribution in [3.8, 4) is 0 Å². The normalized spacial score (nSPS) is 34.5. The van der Waals surface area contributed by atoms with Crippen LogP contribution < -0.4 is 5.32 Å². The molecule has 2 aliphatic carbocycles. The number of likely N-dealkylation sites (tertiary alicyclic amines) is 1. The van der Waals surface area contributed by atoms with Crippen LogP contribution >= 0.6 is 0 Å². The van der Waals surface area contributed by atoms with Gasteiger partial charge in [0.05, 0.1) is 6.10 Å². The first-order valence-electron chi connectivity index (χ1n) is 9.85. The van der Waals surface area contributed by atoms with Crippen LogP contribution in [0.2, 0.25) is 0 Å². The van der Waals surface area contributed by atoms with Crippen LogP contribution in [0.25, 0.3) is 0 Å². The van der Waals surface area contributed by atoms with Gasteiger partial charge in [-0.15, -0.1) is 0 Å². The van der Waals surface area contributed by atoms with Gasteiger partial charge >= 0.3 is 0 Å². The number of aliphatic hydroxyl groups is 1. The molecule has 3 rings (SSSR count). The molecule has 1 aliphatic heterocycles. The summed E-state index contributed by atoms with van der Waals surface area (Å²) in [6.45, 7) is 6.65. The molecule has 1 saturated heterocycles. The molecule has 3 heteroatoms. The first-order chi connectivity index (χ1) is 10.7. The lowest BCUT2D eigenvalue weighted by Crippen LogP contribution is -2.56. The predicted octanol–water partition coefficient (Wildman–Crippen LogP) is 3.17. The van der Waals surface area contributed by atoms with Crippen LogP contribution in [0, 0.1) is 11.8 Å². The fraction of sp³-hybridized carbons (Fsp3) is 1.00. The molecule has 4 atom stereocenters. The van der Waals surface area contributed by atoms with Gasteiger partial charge in [0.2, 0.25) is 0 Å². The van der Waals surface area contributed by atoms with Crippen molar-refractivity contribution in [3.05, 3.63) is 0 Å². The first kappa shape index (κ1) is 16.7. The highest BCUT2D eigenvalue weighted by Crippen LogP contribution is 2.38.